The molecule has 2 N–H and O–H groups in total. The van der Waals surface area contributed by atoms with E-state index in [1.54, 1.807) is 6.92 Å². The van der Waals surface area contributed by atoms with Crippen molar-refractivity contribution in [3.8, 4) is 11.5 Å². The molecule has 0 aliphatic rings. The van der Waals surface area contributed by atoms with Crippen LogP contribution in [0, 0.1) is 0 Å². The number of aromatic hydroxyl groups is 1. The smallest absolute Gasteiger partial charge is 0.308 e. The average molecular weight is 223 g/mol. The lowest BCUT2D eigenvalue weighted by Gasteiger charge is -2.06. The van der Waals surface area contributed by atoms with Gasteiger partial charge in [0, 0.05) is 19.5 Å². The normalized spacial score (nSPS) is 9.62. The van der Waals surface area contributed by atoms with E-state index >= 15 is 0 Å². The number of hydrogen-bond acceptors (Lipinski definition) is 4. The molecular formula is C11H13NO4. The van der Waals surface area contributed by atoms with E-state index in [2.05, 4.69) is 5.32 Å². The molecule has 0 unspecified atom stereocenters. The quantitative estimate of drug-likeness (QED) is 0.593. The van der Waals surface area contributed by atoms with Gasteiger partial charge in [-0.2, -0.15) is 0 Å². The van der Waals surface area contributed by atoms with E-state index in [0.29, 0.717) is 6.54 Å². The summed E-state index contributed by atoms with van der Waals surface area (Å²) in [6.45, 7) is 3.51. The highest BCUT2D eigenvalue weighted by atomic mass is 16.5. The number of rotatable bonds is 3. The summed E-state index contributed by atoms with van der Waals surface area (Å²) in [7, 11) is 0. The van der Waals surface area contributed by atoms with Crippen LogP contribution in [0.15, 0.2) is 18.2 Å². The predicted octanol–water partition coefficient (Wildman–Crippen LogP) is 1.07. The van der Waals surface area contributed by atoms with Crippen LogP contribution >= 0.6 is 0 Å². The van der Waals surface area contributed by atoms with Crippen molar-refractivity contribution in [3.63, 3.8) is 0 Å². The van der Waals surface area contributed by atoms with Crippen molar-refractivity contribution < 1.29 is 19.4 Å². The SMILES string of the molecule is CCNC(=O)c1ccc(OC(C)=O)cc1O. The zero-order valence-corrected chi connectivity index (χ0v) is 9.11. The largest absolute Gasteiger partial charge is 0.507 e. The molecule has 1 rings (SSSR count). The number of phenolic OH excluding ortho intramolecular Hbond substituents is 1. The summed E-state index contributed by atoms with van der Waals surface area (Å²) in [6, 6.07) is 4.08. The predicted molar refractivity (Wildman–Crippen MR) is 57.4 cm³/mol. The number of esters is 1. The first-order valence-corrected chi connectivity index (χ1v) is 4.84. The van der Waals surface area contributed by atoms with Crippen molar-refractivity contribution in [2.45, 2.75) is 13.8 Å². The Bertz CT molecular complexity index is 414. The van der Waals surface area contributed by atoms with Gasteiger partial charge in [0.15, 0.2) is 0 Å². The highest BCUT2D eigenvalue weighted by Crippen LogP contribution is 2.23. The number of phenols is 1. The van der Waals surface area contributed by atoms with Crippen molar-refractivity contribution in [3.05, 3.63) is 23.8 Å². The summed E-state index contributed by atoms with van der Waals surface area (Å²) in [5, 5.41) is 12.1. The molecule has 0 radical (unpaired) electrons. The molecule has 0 heterocycles. The van der Waals surface area contributed by atoms with E-state index in [9.17, 15) is 14.7 Å². The maximum atomic E-state index is 11.4. The van der Waals surface area contributed by atoms with Gasteiger partial charge < -0.3 is 15.2 Å². The Hall–Kier alpha value is -2.04. The summed E-state index contributed by atoms with van der Waals surface area (Å²) in [5.41, 5.74) is 0.151. The zero-order valence-electron chi connectivity index (χ0n) is 9.11. The van der Waals surface area contributed by atoms with Gasteiger partial charge in [0.2, 0.25) is 0 Å². The third-order valence-corrected chi connectivity index (χ3v) is 1.81. The molecule has 0 atom stereocenters. The maximum Gasteiger partial charge on any atom is 0.308 e. The molecule has 0 saturated heterocycles. The van der Waals surface area contributed by atoms with Crippen molar-refractivity contribution in [1.29, 1.82) is 0 Å². The number of amides is 1. The fourth-order valence-corrected chi connectivity index (χ4v) is 1.19. The molecule has 0 aromatic heterocycles. The fraction of sp³-hybridized carbons (Fsp3) is 0.273. The molecule has 0 aliphatic heterocycles. The lowest BCUT2D eigenvalue weighted by molar-refractivity contribution is -0.131. The Morgan fingerprint density at radius 2 is 2.12 bits per heavy atom. The van der Waals surface area contributed by atoms with Crippen LogP contribution in [0.2, 0.25) is 0 Å². The minimum absolute atomic E-state index is 0.151. The molecule has 1 aromatic carbocycles. The van der Waals surface area contributed by atoms with E-state index in [1.165, 1.54) is 25.1 Å². The van der Waals surface area contributed by atoms with Gasteiger partial charge in [-0.15, -0.1) is 0 Å². The molecule has 0 aliphatic carbocycles. The summed E-state index contributed by atoms with van der Waals surface area (Å²) in [6.07, 6.45) is 0. The Labute approximate surface area is 93.0 Å². The van der Waals surface area contributed by atoms with E-state index in [-0.39, 0.29) is 23.0 Å². The van der Waals surface area contributed by atoms with Gasteiger partial charge in [-0.25, -0.2) is 0 Å². The van der Waals surface area contributed by atoms with E-state index < -0.39 is 5.97 Å². The Balaban J connectivity index is 2.91. The highest BCUT2D eigenvalue weighted by molar-refractivity contribution is 5.97. The van der Waals surface area contributed by atoms with Crippen molar-refractivity contribution >= 4 is 11.9 Å². The van der Waals surface area contributed by atoms with Crippen LogP contribution in [-0.2, 0) is 4.79 Å². The first-order chi connectivity index (χ1) is 7.54. The molecular weight excluding hydrogens is 210 g/mol. The minimum Gasteiger partial charge on any atom is -0.507 e. The van der Waals surface area contributed by atoms with Gasteiger partial charge in [0.05, 0.1) is 5.56 Å². The fourth-order valence-electron chi connectivity index (χ4n) is 1.19. The third kappa shape index (κ3) is 2.98. The number of carbonyl (C=O) groups excluding carboxylic acids is 2. The van der Waals surface area contributed by atoms with Crippen LogP contribution in [0.4, 0.5) is 0 Å². The van der Waals surface area contributed by atoms with E-state index in [1.807, 2.05) is 0 Å². The summed E-state index contributed by atoms with van der Waals surface area (Å²) < 4.78 is 4.76. The number of carbonyl (C=O) groups is 2. The summed E-state index contributed by atoms with van der Waals surface area (Å²) >= 11 is 0. The van der Waals surface area contributed by atoms with Crippen LogP contribution in [0.1, 0.15) is 24.2 Å². The second-order valence-corrected chi connectivity index (χ2v) is 3.13. The summed E-state index contributed by atoms with van der Waals surface area (Å²) in [5.74, 6) is -0.859. The summed E-state index contributed by atoms with van der Waals surface area (Å²) in [4.78, 5) is 22.1. The Morgan fingerprint density at radius 3 is 2.62 bits per heavy atom. The first kappa shape index (κ1) is 12.0. The molecule has 5 nitrogen and oxygen atoms in total. The van der Waals surface area contributed by atoms with Crippen LogP contribution in [0.25, 0.3) is 0 Å². The average Bonchev–Trinajstić information content (AvgIpc) is 2.16. The third-order valence-electron chi connectivity index (χ3n) is 1.81. The molecule has 86 valence electrons. The highest BCUT2D eigenvalue weighted by Gasteiger charge is 2.11. The van der Waals surface area contributed by atoms with Crippen LogP contribution in [0.5, 0.6) is 11.5 Å². The Morgan fingerprint density at radius 1 is 1.44 bits per heavy atom. The lowest BCUT2D eigenvalue weighted by Crippen LogP contribution is -2.22. The lowest BCUT2D eigenvalue weighted by atomic mass is 10.2. The minimum atomic E-state index is -0.481. The van der Waals surface area contributed by atoms with Crippen LogP contribution in [-0.4, -0.2) is 23.5 Å². The second-order valence-electron chi connectivity index (χ2n) is 3.13. The second kappa shape index (κ2) is 5.16. The molecule has 1 amide bonds. The molecule has 0 bridgehead atoms. The number of nitrogens with one attached hydrogen (secondary N) is 1. The van der Waals surface area contributed by atoms with Gasteiger partial charge in [-0.05, 0) is 19.1 Å². The maximum absolute atomic E-state index is 11.4. The van der Waals surface area contributed by atoms with E-state index in [4.69, 9.17) is 4.74 Å². The first-order valence-electron chi connectivity index (χ1n) is 4.84. The van der Waals surface area contributed by atoms with Gasteiger partial charge in [-0.3, -0.25) is 9.59 Å². The molecule has 1 aromatic rings. The number of benzene rings is 1. The van der Waals surface area contributed by atoms with Crippen molar-refractivity contribution in [1.82, 2.24) is 5.32 Å². The zero-order chi connectivity index (χ0) is 12.1. The monoisotopic (exact) mass is 223 g/mol. The van der Waals surface area contributed by atoms with Crippen molar-refractivity contribution in [2.24, 2.45) is 0 Å². The van der Waals surface area contributed by atoms with Crippen LogP contribution < -0.4 is 10.1 Å². The molecule has 0 spiro atoms. The van der Waals surface area contributed by atoms with Gasteiger partial charge in [0.1, 0.15) is 11.5 Å². The number of ether oxygens (including phenoxy) is 1. The topological polar surface area (TPSA) is 75.6 Å². The molecule has 0 fully saturated rings. The van der Waals surface area contributed by atoms with E-state index in [0.717, 1.165) is 0 Å². The van der Waals surface area contributed by atoms with Gasteiger partial charge in [-0.1, -0.05) is 0 Å². The number of hydrogen-bond donors (Lipinski definition) is 2. The van der Waals surface area contributed by atoms with Crippen LogP contribution in [0.3, 0.4) is 0 Å². The molecule has 5 heteroatoms. The molecule has 0 saturated carbocycles. The van der Waals surface area contributed by atoms with Gasteiger partial charge in [0.25, 0.3) is 5.91 Å². The standard InChI is InChI=1S/C11H13NO4/c1-3-12-11(15)9-5-4-8(6-10(9)14)16-7(2)13/h4-6,14H,3H2,1-2H3,(H,12,15). The van der Waals surface area contributed by atoms with Crippen molar-refractivity contribution in [2.75, 3.05) is 6.54 Å². The molecule has 16 heavy (non-hydrogen) atoms. The van der Waals surface area contributed by atoms with Gasteiger partial charge >= 0.3 is 5.97 Å². The Kier molecular flexibility index (Phi) is 3.88.